The second kappa shape index (κ2) is 6.52. The van der Waals surface area contributed by atoms with Crippen molar-refractivity contribution in [2.45, 2.75) is 13.8 Å². The zero-order valence-electron chi connectivity index (χ0n) is 12.1. The topological polar surface area (TPSA) is 53.9 Å². The minimum Gasteiger partial charge on any atom is -0.332 e. The molecule has 2 rings (SSSR count). The number of carbonyl (C=O) groups is 2. The van der Waals surface area contributed by atoms with E-state index in [4.69, 9.17) is 0 Å². The third kappa shape index (κ3) is 3.57. The molecule has 0 saturated carbocycles. The average molecular weight is 276 g/mol. The standard InChI is InChI=1S/C15H21N3O2/c1-3-17-8-10-18(11-9-17)15(20)16-14-6-4-13(5-7-14)12(2)19/h4-7H,3,8-11H2,1-2H3,(H,16,20)/p+1. The predicted octanol–water partition coefficient (Wildman–Crippen LogP) is 0.641. The first-order valence-electron chi connectivity index (χ1n) is 7.10. The van der Waals surface area contributed by atoms with Crippen molar-refractivity contribution in [3.8, 4) is 0 Å². The molecule has 0 unspecified atom stereocenters. The minimum absolute atomic E-state index is 0.0292. The van der Waals surface area contributed by atoms with Gasteiger partial charge >= 0.3 is 6.03 Å². The summed E-state index contributed by atoms with van der Waals surface area (Å²) < 4.78 is 0. The van der Waals surface area contributed by atoms with Gasteiger partial charge in [0.25, 0.3) is 0 Å². The zero-order chi connectivity index (χ0) is 14.5. The number of quaternary nitrogens is 1. The zero-order valence-corrected chi connectivity index (χ0v) is 12.1. The Kier molecular flexibility index (Phi) is 4.74. The molecule has 108 valence electrons. The first-order chi connectivity index (χ1) is 9.60. The van der Waals surface area contributed by atoms with Crippen molar-refractivity contribution in [3.05, 3.63) is 29.8 Å². The number of hydrogen-bond donors (Lipinski definition) is 2. The second-order valence-electron chi connectivity index (χ2n) is 5.15. The van der Waals surface area contributed by atoms with Gasteiger partial charge in [-0.1, -0.05) is 0 Å². The van der Waals surface area contributed by atoms with Crippen LogP contribution >= 0.6 is 0 Å². The largest absolute Gasteiger partial charge is 0.332 e. The molecule has 0 bridgehead atoms. The van der Waals surface area contributed by atoms with Gasteiger partial charge in [-0.05, 0) is 38.1 Å². The number of rotatable bonds is 3. The van der Waals surface area contributed by atoms with Crippen molar-refractivity contribution in [3.63, 3.8) is 0 Å². The molecule has 0 aliphatic carbocycles. The Morgan fingerprint density at radius 1 is 1.20 bits per heavy atom. The number of piperazine rings is 1. The maximum atomic E-state index is 12.1. The van der Waals surface area contributed by atoms with E-state index in [1.807, 2.05) is 4.90 Å². The lowest BCUT2D eigenvalue weighted by atomic mass is 10.1. The van der Waals surface area contributed by atoms with Crippen molar-refractivity contribution in [2.24, 2.45) is 0 Å². The van der Waals surface area contributed by atoms with Gasteiger partial charge in [0.2, 0.25) is 0 Å². The normalized spacial score (nSPS) is 16.0. The van der Waals surface area contributed by atoms with Crippen LogP contribution in [-0.2, 0) is 0 Å². The van der Waals surface area contributed by atoms with E-state index in [0.717, 1.165) is 38.4 Å². The molecule has 2 N–H and O–H groups in total. The third-order valence-corrected chi connectivity index (χ3v) is 3.80. The first kappa shape index (κ1) is 14.5. The van der Waals surface area contributed by atoms with Crippen LogP contribution in [0.5, 0.6) is 0 Å². The van der Waals surface area contributed by atoms with Gasteiger partial charge in [0, 0.05) is 11.3 Å². The number of nitrogens with one attached hydrogen (secondary N) is 2. The Hall–Kier alpha value is -1.88. The molecular formula is C15H22N3O2+. The molecule has 5 nitrogen and oxygen atoms in total. The van der Waals surface area contributed by atoms with Crippen LogP contribution in [-0.4, -0.2) is 49.4 Å². The van der Waals surface area contributed by atoms with E-state index in [1.54, 1.807) is 29.2 Å². The van der Waals surface area contributed by atoms with Crippen molar-refractivity contribution < 1.29 is 14.5 Å². The summed E-state index contributed by atoms with van der Waals surface area (Å²) in [6.45, 7) is 8.41. The quantitative estimate of drug-likeness (QED) is 0.796. The fraction of sp³-hybridized carbons (Fsp3) is 0.467. The summed E-state index contributed by atoms with van der Waals surface area (Å²) in [5, 5.41) is 2.88. The molecule has 1 aliphatic rings. The van der Waals surface area contributed by atoms with Crippen molar-refractivity contribution in [1.82, 2.24) is 4.90 Å². The molecule has 20 heavy (non-hydrogen) atoms. The fourth-order valence-electron chi connectivity index (χ4n) is 2.37. The summed E-state index contributed by atoms with van der Waals surface area (Å²) in [5.74, 6) is 0.0292. The Balaban J connectivity index is 1.90. The van der Waals surface area contributed by atoms with Gasteiger partial charge in [0.1, 0.15) is 0 Å². The minimum atomic E-state index is -0.0595. The molecule has 1 saturated heterocycles. The maximum Gasteiger partial charge on any atom is 0.322 e. The lowest BCUT2D eigenvalue weighted by Gasteiger charge is -2.31. The highest BCUT2D eigenvalue weighted by atomic mass is 16.2. The number of Topliss-reactive ketones (excluding diaryl/α,β-unsaturated/α-hetero) is 1. The number of likely N-dealkylation sites (N-methyl/N-ethyl adjacent to an activating group) is 1. The predicted molar refractivity (Wildman–Crippen MR) is 78.3 cm³/mol. The van der Waals surface area contributed by atoms with Crippen molar-refractivity contribution >= 4 is 17.5 Å². The van der Waals surface area contributed by atoms with Gasteiger partial charge in [-0.2, -0.15) is 0 Å². The van der Waals surface area contributed by atoms with E-state index in [2.05, 4.69) is 12.2 Å². The molecule has 1 heterocycles. The highest BCUT2D eigenvalue weighted by Gasteiger charge is 2.22. The Morgan fingerprint density at radius 3 is 2.30 bits per heavy atom. The highest BCUT2D eigenvalue weighted by Crippen LogP contribution is 2.11. The number of amides is 2. The number of benzene rings is 1. The van der Waals surface area contributed by atoms with Crippen molar-refractivity contribution in [2.75, 3.05) is 38.0 Å². The van der Waals surface area contributed by atoms with Gasteiger partial charge in [0.05, 0.1) is 32.7 Å². The number of carbonyl (C=O) groups excluding carboxylic acids is 2. The molecule has 0 atom stereocenters. The highest BCUT2D eigenvalue weighted by molar-refractivity contribution is 5.95. The van der Waals surface area contributed by atoms with E-state index in [0.29, 0.717) is 5.56 Å². The summed E-state index contributed by atoms with van der Waals surface area (Å²) in [6, 6.07) is 6.94. The fourth-order valence-corrected chi connectivity index (χ4v) is 2.37. The van der Waals surface area contributed by atoms with Gasteiger partial charge in [-0.15, -0.1) is 0 Å². The summed E-state index contributed by atoms with van der Waals surface area (Å²) in [6.07, 6.45) is 0. The molecule has 1 aromatic rings. The lowest BCUT2D eigenvalue weighted by molar-refractivity contribution is -0.902. The molecule has 0 spiro atoms. The average Bonchev–Trinajstić information content (AvgIpc) is 2.48. The molecule has 2 amide bonds. The second-order valence-corrected chi connectivity index (χ2v) is 5.15. The number of ketones is 1. The van der Waals surface area contributed by atoms with Gasteiger partial charge < -0.3 is 15.1 Å². The van der Waals surface area contributed by atoms with Gasteiger partial charge in [-0.25, -0.2) is 4.79 Å². The van der Waals surface area contributed by atoms with E-state index in [9.17, 15) is 9.59 Å². The Bertz CT molecular complexity index is 476. The molecule has 1 aromatic carbocycles. The molecule has 1 aliphatic heterocycles. The van der Waals surface area contributed by atoms with Crippen LogP contribution in [0, 0.1) is 0 Å². The van der Waals surface area contributed by atoms with Gasteiger partial charge in [-0.3, -0.25) is 4.79 Å². The van der Waals surface area contributed by atoms with Crippen LogP contribution in [0.3, 0.4) is 0 Å². The van der Waals surface area contributed by atoms with E-state index < -0.39 is 0 Å². The molecule has 5 heteroatoms. The number of nitrogens with zero attached hydrogens (tertiary/aromatic N) is 1. The van der Waals surface area contributed by atoms with Crippen LogP contribution in [0.1, 0.15) is 24.2 Å². The summed E-state index contributed by atoms with van der Waals surface area (Å²) >= 11 is 0. The van der Waals surface area contributed by atoms with Crippen LogP contribution < -0.4 is 10.2 Å². The number of anilines is 1. The molecule has 0 aromatic heterocycles. The molecule has 1 fully saturated rings. The van der Waals surface area contributed by atoms with E-state index in [-0.39, 0.29) is 11.8 Å². The van der Waals surface area contributed by atoms with Crippen LogP contribution in [0.25, 0.3) is 0 Å². The van der Waals surface area contributed by atoms with Crippen LogP contribution in [0.4, 0.5) is 10.5 Å². The number of urea groups is 1. The van der Waals surface area contributed by atoms with Crippen LogP contribution in [0.2, 0.25) is 0 Å². The molecule has 0 radical (unpaired) electrons. The van der Waals surface area contributed by atoms with E-state index >= 15 is 0 Å². The van der Waals surface area contributed by atoms with E-state index in [1.165, 1.54) is 6.92 Å². The Labute approximate surface area is 119 Å². The summed E-state index contributed by atoms with van der Waals surface area (Å²) in [7, 11) is 0. The summed E-state index contributed by atoms with van der Waals surface area (Å²) in [4.78, 5) is 26.7. The monoisotopic (exact) mass is 276 g/mol. The smallest absolute Gasteiger partial charge is 0.322 e. The Morgan fingerprint density at radius 2 is 1.80 bits per heavy atom. The van der Waals surface area contributed by atoms with Crippen LogP contribution in [0.15, 0.2) is 24.3 Å². The first-order valence-corrected chi connectivity index (χ1v) is 7.10. The summed E-state index contributed by atoms with van der Waals surface area (Å²) in [5.41, 5.74) is 1.38. The van der Waals surface area contributed by atoms with Crippen molar-refractivity contribution in [1.29, 1.82) is 0 Å². The van der Waals surface area contributed by atoms with Gasteiger partial charge in [0.15, 0.2) is 5.78 Å². The SMILES string of the molecule is CC[NH+]1CCN(C(=O)Nc2ccc(C(C)=O)cc2)CC1. The molecular weight excluding hydrogens is 254 g/mol. The lowest BCUT2D eigenvalue weighted by Crippen LogP contribution is -3.14. The third-order valence-electron chi connectivity index (χ3n) is 3.80. The maximum absolute atomic E-state index is 12.1. The number of hydrogen-bond acceptors (Lipinski definition) is 2.